The van der Waals surface area contributed by atoms with Crippen LogP contribution in [0.5, 0.6) is 0 Å². The number of aromatic nitrogens is 2. The fraction of sp³-hybridized carbons (Fsp3) is 0.133. The Morgan fingerprint density at radius 1 is 1.20 bits per heavy atom. The van der Waals surface area contributed by atoms with E-state index in [-0.39, 0.29) is 11.9 Å². The second-order valence-corrected chi connectivity index (χ2v) is 5.46. The summed E-state index contributed by atoms with van der Waals surface area (Å²) >= 11 is 11.6. The molecule has 0 aliphatic heterocycles. The number of fused-ring (bicyclic) bond motifs is 1. The van der Waals surface area contributed by atoms with Gasteiger partial charge in [-0.25, -0.2) is 4.39 Å². The molecular formula is C15H12ClFN2S. The molecule has 3 rings (SSSR count). The Kier molecular flexibility index (Phi) is 3.36. The highest BCUT2D eigenvalue weighted by Gasteiger charge is 2.14. The number of H-pyrrole nitrogens is 1. The summed E-state index contributed by atoms with van der Waals surface area (Å²) in [6, 6.07) is 12.1. The van der Waals surface area contributed by atoms with Crippen LogP contribution in [0.25, 0.3) is 11.0 Å². The van der Waals surface area contributed by atoms with Crippen molar-refractivity contribution in [1.82, 2.24) is 9.55 Å². The molecule has 2 aromatic carbocycles. The van der Waals surface area contributed by atoms with Gasteiger partial charge in [-0.1, -0.05) is 29.8 Å². The van der Waals surface area contributed by atoms with Crippen molar-refractivity contribution in [2.75, 3.05) is 0 Å². The summed E-state index contributed by atoms with van der Waals surface area (Å²) in [6.45, 7) is 2.03. The van der Waals surface area contributed by atoms with Gasteiger partial charge in [-0.2, -0.15) is 0 Å². The lowest BCUT2D eigenvalue weighted by molar-refractivity contribution is 0.618. The first-order chi connectivity index (χ1) is 9.58. The number of para-hydroxylation sites is 1. The molecule has 20 heavy (non-hydrogen) atoms. The number of rotatable bonds is 2. The molecule has 0 aliphatic rings. The molecule has 1 aromatic heterocycles. The van der Waals surface area contributed by atoms with Gasteiger partial charge in [0.15, 0.2) is 4.77 Å². The predicted octanol–water partition coefficient (Wildman–Crippen LogP) is 5.10. The Labute approximate surface area is 125 Å². The van der Waals surface area contributed by atoms with E-state index < -0.39 is 0 Å². The molecule has 1 unspecified atom stereocenters. The molecule has 0 bridgehead atoms. The van der Waals surface area contributed by atoms with E-state index in [1.807, 2.05) is 29.7 Å². The van der Waals surface area contributed by atoms with Crippen molar-refractivity contribution in [1.29, 1.82) is 0 Å². The maximum atomic E-state index is 13.0. The molecule has 0 saturated carbocycles. The Hall–Kier alpha value is -1.65. The highest BCUT2D eigenvalue weighted by molar-refractivity contribution is 7.71. The maximum absolute atomic E-state index is 13.0. The van der Waals surface area contributed by atoms with Crippen LogP contribution in [-0.4, -0.2) is 9.55 Å². The van der Waals surface area contributed by atoms with Gasteiger partial charge in [-0.05, 0) is 49.0 Å². The highest BCUT2D eigenvalue weighted by Crippen LogP contribution is 2.28. The lowest BCUT2D eigenvalue weighted by Crippen LogP contribution is -2.06. The number of halogens is 2. The largest absolute Gasteiger partial charge is 0.329 e. The van der Waals surface area contributed by atoms with E-state index in [0.717, 1.165) is 16.6 Å². The fourth-order valence-corrected chi connectivity index (χ4v) is 2.96. The molecular weight excluding hydrogens is 295 g/mol. The molecule has 0 spiro atoms. The van der Waals surface area contributed by atoms with Crippen LogP contribution in [0.2, 0.25) is 5.02 Å². The number of hydrogen-bond donors (Lipinski definition) is 1. The van der Waals surface area contributed by atoms with E-state index in [2.05, 4.69) is 4.98 Å². The number of aromatic amines is 1. The minimum absolute atomic E-state index is 0.00434. The second kappa shape index (κ2) is 5.04. The molecule has 0 fully saturated rings. The van der Waals surface area contributed by atoms with Gasteiger partial charge < -0.3 is 9.55 Å². The summed E-state index contributed by atoms with van der Waals surface area (Å²) in [5.41, 5.74) is 2.76. The molecule has 2 nitrogen and oxygen atoms in total. The quantitative estimate of drug-likeness (QED) is 0.653. The summed E-state index contributed by atoms with van der Waals surface area (Å²) in [4.78, 5) is 3.13. The molecule has 3 aromatic rings. The first-order valence-corrected chi connectivity index (χ1v) is 7.01. The average molecular weight is 307 g/mol. The van der Waals surface area contributed by atoms with E-state index in [1.165, 1.54) is 12.1 Å². The van der Waals surface area contributed by atoms with Crippen molar-refractivity contribution < 1.29 is 4.39 Å². The lowest BCUT2D eigenvalue weighted by atomic mass is 10.1. The van der Waals surface area contributed by atoms with Crippen molar-refractivity contribution in [2.45, 2.75) is 13.0 Å². The lowest BCUT2D eigenvalue weighted by Gasteiger charge is -2.15. The Bertz CT molecular complexity index is 820. The summed E-state index contributed by atoms with van der Waals surface area (Å²) in [5.74, 6) is -0.244. The molecule has 0 aliphatic carbocycles. The van der Waals surface area contributed by atoms with Crippen LogP contribution < -0.4 is 0 Å². The van der Waals surface area contributed by atoms with Crippen molar-refractivity contribution in [3.63, 3.8) is 0 Å². The van der Waals surface area contributed by atoms with Crippen molar-refractivity contribution in [2.24, 2.45) is 0 Å². The number of nitrogens with zero attached hydrogens (tertiary/aromatic N) is 1. The molecule has 102 valence electrons. The summed E-state index contributed by atoms with van der Waals surface area (Å²) in [5, 5.41) is 0.638. The second-order valence-electron chi connectivity index (χ2n) is 4.66. The van der Waals surface area contributed by atoms with E-state index in [1.54, 1.807) is 12.1 Å². The van der Waals surface area contributed by atoms with Crippen LogP contribution in [0.15, 0.2) is 42.5 Å². The third kappa shape index (κ3) is 2.15. The Morgan fingerprint density at radius 3 is 2.60 bits per heavy atom. The van der Waals surface area contributed by atoms with Gasteiger partial charge in [0.1, 0.15) is 5.82 Å². The van der Waals surface area contributed by atoms with Gasteiger partial charge in [0, 0.05) is 0 Å². The van der Waals surface area contributed by atoms with Crippen LogP contribution in [0, 0.1) is 10.6 Å². The van der Waals surface area contributed by atoms with E-state index in [0.29, 0.717) is 9.79 Å². The highest BCUT2D eigenvalue weighted by atomic mass is 35.5. The average Bonchev–Trinajstić information content (AvgIpc) is 2.77. The molecule has 0 saturated heterocycles. The van der Waals surface area contributed by atoms with E-state index in [4.69, 9.17) is 23.8 Å². The normalized spacial score (nSPS) is 12.8. The zero-order valence-electron chi connectivity index (χ0n) is 10.7. The number of nitrogens with one attached hydrogen (secondary N) is 1. The predicted molar refractivity (Wildman–Crippen MR) is 82.3 cm³/mol. The zero-order valence-corrected chi connectivity index (χ0v) is 12.3. The summed E-state index contributed by atoms with van der Waals surface area (Å²) < 4.78 is 15.6. The maximum Gasteiger partial charge on any atom is 0.178 e. The number of benzene rings is 2. The van der Waals surface area contributed by atoms with Crippen LogP contribution in [0.1, 0.15) is 18.5 Å². The zero-order chi connectivity index (χ0) is 14.3. The molecule has 1 heterocycles. The third-order valence-corrected chi connectivity index (χ3v) is 4.06. The molecule has 0 amide bonds. The van der Waals surface area contributed by atoms with Crippen molar-refractivity contribution in [3.8, 4) is 0 Å². The molecule has 5 heteroatoms. The van der Waals surface area contributed by atoms with Crippen LogP contribution >= 0.6 is 23.8 Å². The van der Waals surface area contributed by atoms with Gasteiger partial charge in [-0.3, -0.25) is 0 Å². The molecule has 1 N–H and O–H groups in total. The first kappa shape index (κ1) is 13.3. The SMILES string of the molecule is CC(c1ccc(F)cc1)n1c(=S)[nH]c2c(Cl)cccc21. The smallest absolute Gasteiger partial charge is 0.178 e. The number of imidazole rings is 1. The van der Waals surface area contributed by atoms with E-state index in [9.17, 15) is 4.39 Å². The minimum atomic E-state index is -0.244. The third-order valence-electron chi connectivity index (χ3n) is 3.44. The van der Waals surface area contributed by atoms with Crippen molar-refractivity contribution in [3.05, 3.63) is 63.6 Å². The van der Waals surface area contributed by atoms with Crippen LogP contribution in [-0.2, 0) is 0 Å². The van der Waals surface area contributed by atoms with Crippen molar-refractivity contribution >= 4 is 34.9 Å². The van der Waals surface area contributed by atoms with Crippen LogP contribution in [0.4, 0.5) is 4.39 Å². The van der Waals surface area contributed by atoms with Crippen LogP contribution in [0.3, 0.4) is 0 Å². The number of hydrogen-bond acceptors (Lipinski definition) is 1. The Morgan fingerprint density at radius 2 is 1.90 bits per heavy atom. The minimum Gasteiger partial charge on any atom is -0.329 e. The molecule has 0 radical (unpaired) electrons. The monoisotopic (exact) mass is 306 g/mol. The summed E-state index contributed by atoms with van der Waals surface area (Å²) in [7, 11) is 0. The van der Waals surface area contributed by atoms with E-state index >= 15 is 0 Å². The topological polar surface area (TPSA) is 20.7 Å². The van der Waals surface area contributed by atoms with Gasteiger partial charge >= 0.3 is 0 Å². The standard InChI is InChI=1S/C15H12ClFN2S/c1-9(10-5-7-11(17)8-6-10)19-13-4-2-3-12(16)14(13)18-15(19)20/h2-9H,1H3,(H,18,20). The van der Waals surface area contributed by atoms with Gasteiger partial charge in [0.2, 0.25) is 0 Å². The van der Waals surface area contributed by atoms with Gasteiger partial charge in [-0.15, -0.1) is 0 Å². The van der Waals surface area contributed by atoms with Gasteiger partial charge in [0.25, 0.3) is 0 Å². The molecule has 1 atom stereocenters. The Balaban J connectivity index is 2.19. The first-order valence-electron chi connectivity index (χ1n) is 6.22. The van der Waals surface area contributed by atoms with Gasteiger partial charge in [0.05, 0.1) is 22.1 Å². The fourth-order valence-electron chi connectivity index (χ4n) is 2.39. The summed E-state index contributed by atoms with van der Waals surface area (Å²) in [6.07, 6.45) is 0.